The molecule has 1 aromatic carbocycles. The Kier molecular flexibility index (Phi) is 6.44. The normalized spacial score (nSPS) is 13.8. The molecule has 9 heteroatoms. The minimum atomic E-state index is -4.70. The number of hydrogen-bond acceptors (Lipinski definition) is 3. The highest BCUT2D eigenvalue weighted by Gasteiger charge is 2.42. The molecule has 2 amide bonds. The summed E-state index contributed by atoms with van der Waals surface area (Å²) in [5, 5.41) is 10.7. The van der Waals surface area contributed by atoms with Crippen LogP contribution in [-0.2, 0) is 4.79 Å². The highest BCUT2D eigenvalue weighted by atomic mass is 19.4. The van der Waals surface area contributed by atoms with Crippen molar-refractivity contribution in [1.29, 1.82) is 0 Å². The molecule has 24 heavy (non-hydrogen) atoms. The van der Waals surface area contributed by atoms with Gasteiger partial charge in [-0.3, -0.25) is 4.79 Å². The molecule has 134 valence electrons. The number of nitrogens with zero attached hydrogens (tertiary/aromatic N) is 1. The van der Waals surface area contributed by atoms with Crippen molar-refractivity contribution in [3.63, 3.8) is 0 Å². The maximum atomic E-state index is 13.2. The van der Waals surface area contributed by atoms with Crippen molar-refractivity contribution >= 4 is 12.0 Å². The molecule has 2 unspecified atom stereocenters. The number of nitrogens with one attached hydrogen (secondary N) is 1. The Morgan fingerprint density at radius 2 is 1.83 bits per heavy atom. The molecule has 0 aliphatic carbocycles. The molecule has 1 aromatic rings. The van der Waals surface area contributed by atoms with E-state index in [1.807, 2.05) is 5.32 Å². The molecular weight excluding hydrogens is 329 g/mol. The maximum Gasteiger partial charge on any atom is 0.412 e. The second-order valence-corrected chi connectivity index (χ2v) is 5.32. The lowest BCUT2D eigenvalue weighted by Crippen LogP contribution is -2.46. The van der Waals surface area contributed by atoms with Crippen LogP contribution in [0.3, 0.4) is 0 Å². The Labute approximate surface area is 137 Å². The van der Waals surface area contributed by atoms with Crippen LogP contribution in [0.4, 0.5) is 18.0 Å². The molecule has 0 bridgehead atoms. The largest absolute Gasteiger partial charge is 0.497 e. The summed E-state index contributed by atoms with van der Waals surface area (Å²) in [5.41, 5.74) is -0.156. The number of carbonyl (C=O) groups excluding carboxylic acids is 1. The number of aliphatic carboxylic acids is 1. The molecule has 0 heterocycles. The fraction of sp³-hybridized carbons (Fsp3) is 0.467. The van der Waals surface area contributed by atoms with Crippen molar-refractivity contribution < 1.29 is 32.6 Å². The number of benzene rings is 1. The number of alkyl halides is 3. The Morgan fingerprint density at radius 1 is 1.29 bits per heavy atom. The first kappa shape index (κ1) is 19.6. The van der Waals surface area contributed by atoms with E-state index in [1.54, 1.807) is 0 Å². The summed E-state index contributed by atoms with van der Waals surface area (Å²) in [6, 6.07) is 1.90. The zero-order chi connectivity index (χ0) is 18.5. The van der Waals surface area contributed by atoms with Gasteiger partial charge in [-0.15, -0.1) is 0 Å². The number of hydrogen-bond donors (Lipinski definition) is 2. The SMILES string of the molecule is COc1ccc(C(NC(=O)N(C)CC(C)C(=O)O)C(F)(F)F)cc1. The van der Waals surface area contributed by atoms with Gasteiger partial charge >= 0.3 is 18.2 Å². The van der Waals surface area contributed by atoms with Crippen molar-refractivity contribution in [3.8, 4) is 5.75 Å². The lowest BCUT2D eigenvalue weighted by atomic mass is 10.1. The van der Waals surface area contributed by atoms with Crippen LogP contribution < -0.4 is 10.1 Å². The van der Waals surface area contributed by atoms with Crippen molar-refractivity contribution in [2.24, 2.45) is 5.92 Å². The summed E-state index contributed by atoms with van der Waals surface area (Å²) in [5.74, 6) is -1.65. The molecule has 0 aliphatic rings. The van der Waals surface area contributed by atoms with Gasteiger partial charge in [-0.1, -0.05) is 19.1 Å². The van der Waals surface area contributed by atoms with Crippen molar-refractivity contribution in [1.82, 2.24) is 10.2 Å². The molecule has 2 atom stereocenters. The van der Waals surface area contributed by atoms with Crippen molar-refractivity contribution in [2.75, 3.05) is 20.7 Å². The summed E-state index contributed by atoms with van der Waals surface area (Å²) < 4.78 is 44.6. The summed E-state index contributed by atoms with van der Waals surface area (Å²) in [6.07, 6.45) is -4.70. The Morgan fingerprint density at radius 3 is 2.25 bits per heavy atom. The molecule has 6 nitrogen and oxygen atoms in total. The van der Waals surface area contributed by atoms with Gasteiger partial charge in [0.2, 0.25) is 0 Å². The van der Waals surface area contributed by atoms with Gasteiger partial charge in [-0.25, -0.2) is 4.79 Å². The topological polar surface area (TPSA) is 78.9 Å². The number of rotatable bonds is 6. The summed E-state index contributed by atoms with van der Waals surface area (Å²) >= 11 is 0. The zero-order valence-electron chi connectivity index (χ0n) is 13.4. The van der Waals surface area contributed by atoms with E-state index < -0.39 is 30.1 Å². The molecule has 0 radical (unpaired) electrons. The highest BCUT2D eigenvalue weighted by molar-refractivity contribution is 5.76. The predicted molar refractivity (Wildman–Crippen MR) is 79.8 cm³/mol. The van der Waals surface area contributed by atoms with E-state index in [-0.39, 0.29) is 12.1 Å². The van der Waals surface area contributed by atoms with Gasteiger partial charge in [-0.2, -0.15) is 13.2 Å². The summed E-state index contributed by atoms with van der Waals surface area (Å²) in [4.78, 5) is 23.6. The first-order chi connectivity index (χ1) is 11.1. The van der Waals surface area contributed by atoms with Crippen LogP contribution in [0, 0.1) is 5.92 Å². The lowest BCUT2D eigenvalue weighted by molar-refractivity contribution is -0.155. The third-order valence-electron chi connectivity index (χ3n) is 3.36. The first-order valence-corrected chi connectivity index (χ1v) is 7.01. The standard InChI is InChI=1S/C15H19F3N2O4/c1-9(13(21)22)8-20(2)14(23)19-12(15(16,17)18)10-4-6-11(24-3)7-5-10/h4-7,9,12H,8H2,1-3H3,(H,19,23)(H,21,22). The summed E-state index contributed by atoms with van der Waals surface area (Å²) in [7, 11) is 2.62. The predicted octanol–water partition coefficient (Wildman–Crippen LogP) is 2.66. The fourth-order valence-corrected chi connectivity index (χ4v) is 1.96. The van der Waals surface area contributed by atoms with E-state index in [9.17, 15) is 22.8 Å². The number of halogens is 3. The highest BCUT2D eigenvalue weighted by Crippen LogP contribution is 2.33. The molecular formula is C15H19F3N2O4. The van der Waals surface area contributed by atoms with Gasteiger partial charge in [0.25, 0.3) is 0 Å². The van der Waals surface area contributed by atoms with Gasteiger partial charge < -0.3 is 20.1 Å². The van der Waals surface area contributed by atoms with Crippen molar-refractivity contribution in [3.05, 3.63) is 29.8 Å². The Bertz CT molecular complexity index is 575. The lowest BCUT2D eigenvalue weighted by Gasteiger charge is -2.26. The number of methoxy groups -OCH3 is 1. The Balaban J connectivity index is 2.90. The quantitative estimate of drug-likeness (QED) is 0.828. The zero-order valence-corrected chi connectivity index (χ0v) is 13.4. The molecule has 0 saturated heterocycles. The van der Waals surface area contributed by atoms with Crippen LogP contribution in [0.5, 0.6) is 5.75 Å². The van der Waals surface area contributed by atoms with E-state index in [0.717, 1.165) is 4.90 Å². The summed E-state index contributed by atoms with van der Waals surface area (Å²) in [6.45, 7) is 1.14. The van der Waals surface area contributed by atoms with E-state index in [1.165, 1.54) is 45.3 Å². The molecule has 0 aliphatic heterocycles. The average molecular weight is 348 g/mol. The number of carboxylic acid groups (broad SMARTS) is 1. The molecule has 0 spiro atoms. The fourth-order valence-electron chi connectivity index (χ4n) is 1.96. The molecule has 0 fully saturated rings. The third kappa shape index (κ3) is 5.32. The minimum absolute atomic E-state index is 0.156. The second-order valence-electron chi connectivity index (χ2n) is 5.32. The van der Waals surface area contributed by atoms with Crippen LogP contribution in [-0.4, -0.2) is 48.9 Å². The second kappa shape index (κ2) is 7.89. The average Bonchev–Trinajstić information content (AvgIpc) is 2.51. The van der Waals surface area contributed by atoms with E-state index in [0.29, 0.717) is 5.75 Å². The molecule has 2 N–H and O–H groups in total. The molecule has 0 aromatic heterocycles. The molecule has 1 rings (SSSR count). The van der Waals surface area contributed by atoms with Gasteiger partial charge in [-0.05, 0) is 17.7 Å². The van der Waals surface area contributed by atoms with Crippen LogP contribution >= 0.6 is 0 Å². The third-order valence-corrected chi connectivity index (χ3v) is 3.36. The van der Waals surface area contributed by atoms with Gasteiger partial charge in [0.1, 0.15) is 5.75 Å². The van der Waals surface area contributed by atoms with Crippen LogP contribution in [0.15, 0.2) is 24.3 Å². The van der Waals surface area contributed by atoms with Gasteiger partial charge in [0.05, 0.1) is 13.0 Å². The van der Waals surface area contributed by atoms with Crippen LogP contribution in [0.2, 0.25) is 0 Å². The Hall–Kier alpha value is -2.45. The molecule has 0 saturated carbocycles. The van der Waals surface area contributed by atoms with Crippen molar-refractivity contribution in [2.45, 2.75) is 19.1 Å². The number of urea groups is 1. The number of carbonyl (C=O) groups is 2. The van der Waals surface area contributed by atoms with E-state index >= 15 is 0 Å². The number of amides is 2. The number of ether oxygens (including phenoxy) is 1. The van der Waals surface area contributed by atoms with Gasteiger partial charge in [0.15, 0.2) is 6.04 Å². The van der Waals surface area contributed by atoms with E-state index in [2.05, 4.69) is 0 Å². The van der Waals surface area contributed by atoms with Gasteiger partial charge in [0, 0.05) is 13.6 Å². The van der Waals surface area contributed by atoms with E-state index in [4.69, 9.17) is 9.84 Å². The smallest absolute Gasteiger partial charge is 0.412 e. The monoisotopic (exact) mass is 348 g/mol. The van der Waals surface area contributed by atoms with Crippen LogP contribution in [0.1, 0.15) is 18.5 Å². The minimum Gasteiger partial charge on any atom is -0.497 e. The first-order valence-electron chi connectivity index (χ1n) is 7.01. The van der Waals surface area contributed by atoms with Crippen LogP contribution in [0.25, 0.3) is 0 Å². The maximum absolute atomic E-state index is 13.2. The number of carboxylic acids is 1.